The van der Waals surface area contributed by atoms with Crippen molar-refractivity contribution in [1.82, 2.24) is 0 Å². The van der Waals surface area contributed by atoms with Gasteiger partial charge in [-0.15, -0.1) is 0 Å². The molecule has 0 aliphatic rings. The van der Waals surface area contributed by atoms with Crippen molar-refractivity contribution in [3.8, 4) is 22.4 Å². The molecule has 0 aliphatic carbocycles. The van der Waals surface area contributed by atoms with E-state index in [1.54, 1.807) is 11.8 Å². The Morgan fingerprint density at radius 3 is 1.82 bits per heavy atom. The molecule has 1 heterocycles. The molecule has 0 saturated heterocycles. The van der Waals surface area contributed by atoms with Gasteiger partial charge in [-0.3, -0.25) is 0 Å². The highest BCUT2D eigenvalue weighted by molar-refractivity contribution is 7.98. The first kappa shape index (κ1) is 17.0. The third-order valence-corrected chi connectivity index (χ3v) is 4.46. The van der Waals surface area contributed by atoms with E-state index in [1.165, 1.54) is 27.4 Å². The Labute approximate surface area is 153 Å². The van der Waals surface area contributed by atoms with Gasteiger partial charge in [0, 0.05) is 17.7 Å². The first-order valence-corrected chi connectivity index (χ1v) is 8.21. The van der Waals surface area contributed by atoms with Crippen LogP contribution in [0.2, 0.25) is 0 Å². The second-order valence-corrected chi connectivity index (χ2v) is 5.79. The number of rotatable bonds is 3. The summed E-state index contributed by atoms with van der Waals surface area (Å²) in [4.78, 5) is 0. The monoisotopic (exact) mass is 419 g/mol. The second-order valence-electron chi connectivity index (χ2n) is 4.96. The van der Waals surface area contributed by atoms with E-state index in [4.69, 9.17) is 0 Å². The molecule has 1 nitrogen and oxygen atoms in total. The molecule has 22 heavy (non-hydrogen) atoms. The lowest BCUT2D eigenvalue weighted by Crippen LogP contribution is -3.00. The van der Waals surface area contributed by atoms with E-state index >= 15 is 0 Å². The predicted octanol–water partition coefficient (Wildman–Crippen LogP) is 1.57. The van der Waals surface area contributed by atoms with Crippen LogP contribution >= 0.6 is 11.8 Å². The van der Waals surface area contributed by atoms with E-state index in [0.717, 1.165) is 0 Å². The van der Waals surface area contributed by atoms with Crippen molar-refractivity contribution in [3.05, 3.63) is 72.8 Å². The van der Waals surface area contributed by atoms with Gasteiger partial charge in [0.1, 0.15) is 7.05 Å². The number of hydrogen-bond acceptors (Lipinski definition) is 1. The quantitative estimate of drug-likeness (QED) is 0.354. The zero-order valence-corrected chi connectivity index (χ0v) is 15.6. The Balaban J connectivity index is 0.00000176. The smallest absolute Gasteiger partial charge is 0.240 e. The lowest BCUT2D eigenvalue weighted by Gasteiger charge is -2.08. The number of hydrogen-bond donors (Lipinski definition) is 0. The summed E-state index contributed by atoms with van der Waals surface area (Å²) in [6.45, 7) is 0. The van der Waals surface area contributed by atoms with Gasteiger partial charge in [-0.1, -0.05) is 60.3 Å². The number of pyridine rings is 1. The van der Waals surface area contributed by atoms with Crippen molar-refractivity contribution in [1.29, 1.82) is 0 Å². The molecule has 3 heteroatoms. The number of aromatic nitrogens is 1. The van der Waals surface area contributed by atoms with E-state index in [9.17, 15) is 0 Å². The van der Waals surface area contributed by atoms with Crippen molar-refractivity contribution in [2.24, 2.45) is 7.05 Å². The molecule has 2 aromatic carbocycles. The standard InChI is InChI=1S/C19H18NS.HI/c1-20-18(16-11-7-4-8-12-16)13-17(14-19(20)21-2)15-9-5-3-6-10-15;/h3-14H,1-2H3;1H/q+1;/p-1. The van der Waals surface area contributed by atoms with Crippen LogP contribution in [0, 0.1) is 0 Å². The summed E-state index contributed by atoms with van der Waals surface area (Å²) in [5.74, 6) is 0. The van der Waals surface area contributed by atoms with E-state index in [0.29, 0.717) is 0 Å². The van der Waals surface area contributed by atoms with Gasteiger partial charge in [0.2, 0.25) is 10.7 Å². The fourth-order valence-corrected chi connectivity index (χ4v) is 3.13. The summed E-state index contributed by atoms with van der Waals surface area (Å²) in [7, 11) is 2.13. The summed E-state index contributed by atoms with van der Waals surface area (Å²) in [5, 5.41) is 1.26. The third-order valence-electron chi connectivity index (χ3n) is 3.65. The molecule has 3 rings (SSSR count). The SMILES string of the molecule is CSc1cc(-c2ccccc2)cc(-c2ccccc2)[n+]1C.[I-]. The van der Waals surface area contributed by atoms with E-state index in [-0.39, 0.29) is 24.0 Å². The number of nitrogens with zero attached hydrogens (tertiary/aromatic N) is 1. The van der Waals surface area contributed by atoms with Gasteiger partial charge in [0.25, 0.3) is 0 Å². The third kappa shape index (κ3) is 3.52. The summed E-state index contributed by atoms with van der Waals surface area (Å²) < 4.78 is 2.26. The van der Waals surface area contributed by atoms with E-state index in [2.05, 4.69) is 90.7 Å². The van der Waals surface area contributed by atoms with Crippen LogP contribution in [0.3, 0.4) is 0 Å². The maximum atomic E-state index is 2.27. The highest BCUT2D eigenvalue weighted by atomic mass is 127. The largest absolute Gasteiger partial charge is 1.00 e. The topological polar surface area (TPSA) is 3.88 Å². The highest BCUT2D eigenvalue weighted by Crippen LogP contribution is 2.27. The second kappa shape index (κ2) is 7.79. The average Bonchev–Trinajstić information content (AvgIpc) is 2.56. The molecule has 0 bridgehead atoms. The van der Waals surface area contributed by atoms with Crippen LogP contribution in [0.4, 0.5) is 0 Å². The zero-order valence-electron chi connectivity index (χ0n) is 12.7. The molecule has 0 atom stereocenters. The molecule has 1 aromatic heterocycles. The van der Waals surface area contributed by atoms with Crippen molar-refractivity contribution < 1.29 is 28.5 Å². The minimum absolute atomic E-state index is 0. The Morgan fingerprint density at radius 1 is 0.727 bits per heavy atom. The zero-order chi connectivity index (χ0) is 14.7. The van der Waals surface area contributed by atoms with Gasteiger partial charge in [-0.05, 0) is 29.5 Å². The Morgan fingerprint density at radius 2 is 1.27 bits per heavy atom. The molecule has 0 spiro atoms. The van der Waals surface area contributed by atoms with Crippen molar-refractivity contribution in [3.63, 3.8) is 0 Å². The molecular weight excluding hydrogens is 401 g/mol. The number of benzene rings is 2. The molecule has 0 aliphatic heterocycles. The summed E-state index contributed by atoms with van der Waals surface area (Å²) in [5.41, 5.74) is 5.00. The molecule has 0 saturated carbocycles. The van der Waals surface area contributed by atoms with Crippen LogP contribution in [0.25, 0.3) is 22.4 Å². The molecule has 0 fully saturated rings. The Bertz CT molecular complexity index is 742. The van der Waals surface area contributed by atoms with Crippen LogP contribution in [0.1, 0.15) is 0 Å². The van der Waals surface area contributed by atoms with Crippen LogP contribution in [0.5, 0.6) is 0 Å². The normalized spacial score (nSPS) is 10.1. The molecule has 112 valence electrons. The van der Waals surface area contributed by atoms with Crippen LogP contribution in [-0.2, 0) is 7.05 Å². The first-order valence-electron chi connectivity index (χ1n) is 6.98. The van der Waals surface area contributed by atoms with Gasteiger partial charge >= 0.3 is 0 Å². The summed E-state index contributed by atoms with van der Waals surface area (Å²) in [6, 6.07) is 25.6. The van der Waals surface area contributed by atoms with Crippen LogP contribution in [0.15, 0.2) is 77.8 Å². The van der Waals surface area contributed by atoms with Crippen molar-refractivity contribution >= 4 is 11.8 Å². The number of thioether (sulfide) groups is 1. The maximum Gasteiger partial charge on any atom is 0.240 e. The van der Waals surface area contributed by atoms with Crippen molar-refractivity contribution in [2.45, 2.75) is 5.03 Å². The van der Waals surface area contributed by atoms with Gasteiger partial charge < -0.3 is 24.0 Å². The van der Waals surface area contributed by atoms with Gasteiger partial charge in [-0.25, -0.2) is 0 Å². The predicted molar refractivity (Wildman–Crippen MR) is 90.3 cm³/mol. The molecule has 0 unspecified atom stereocenters. The molecule has 3 aromatic rings. The molecule has 0 amide bonds. The molecular formula is C19H18INS. The molecule has 0 N–H and O–H groups in total. The van der Waals surface area contributed by atoms with Crippen molar-refractivity contribution in [2.75, 3.05) is 6.26 Å². The number of halogens is 1. The lowest BCUT2D eigenvalue weighted by atomic mass is 10.0. The van der Waals surface area contributed by atoms with Gasteiger partial charge in [0.15, 0.2) is 0 Å². The fourth-order valence-electron chi connectivity index (χ4n) is 2.51. The summed E-state index contributed by atoms with van der Waals surface area (Å²) >= 11 is 1.78. The minimum Gasteiger partial charge on any atom is -1.00 e. The first-order chi connectivity index (χ1) is 10.3. The Kier molecular flexibility index (Phi) is 6.03. The van der Waals surface area contributed by atoms with E-state index in [1.807, 2.05) is 0 Å². The van der Waals surface area contributed by atoms with Crippen LogP contribution < -0.4 is 28.5 Å². The minimum atomic E-state index is 0. The Hall–Kier alpha value is -1.33. The van der Waals surface area contributed by atoms with Crippen LogP contribution in [-0.4, -0.2) is 6.26 Å². The maximum absolute atomic E-state index is 2.27. The fraction of sp³-hybridized carbons (Fsp3) is 0.105. The van der Waals surface area contributed by atoms with Gasteiger partial charge in [-0.2, -0.15) is 4.57 Å². The highest BCUT2D eigenvalue weighted by Gasteiger charge is 2.17. The average molecular weight is 419 g/mol. The van der Waals surface area contributed by atoms with Gasteiger partial charge in [0.05, 0.1) is 0 Å². The summed E-state index contributed by atoms with van der Waals surface area (Å²) in [6.07, 6.45) is 2.12. The van der Waals surface area contributed by atoms with E-state index < -0.39 is 0 Å². The lowest BCUT2D eigenvalue weighted by molar-refractivity contribution is -0.698. The molecule has 0 radical (unpaired) electrons.